The summed E-state index contributed by atoms with van der Waals surface area (Å²) in [4.78, 5) is 50.3. The second kappa shape index (κ2) is 12.7. The third-order valence-electron chi connectivity index (χ3n) is 5.67. The molecule has 0 aliphatic heterocycles. The largest absolute Gasteiger partial charge is 0.497 e. The summed E-state index contributed by atoms with van der Waals surface area (Å²) < 4.78 is 10.5. The Morgan fingerprint density at radius 3 is 1.92 bits per heavy atom. The topological polar surface area (TPSA) is 122 Å². The Balaban J connectivity index is 1.63. The summed E-state index contributed by atoms with van der Waals surface area (Å²) in [7, 11) is 1.57. The highest BCUT2D eigenvalue weighted by Gasteiger charge is 2.24. The van der Waals surface area contributed by atoms with Gasteiger partial charge in [-0.1, -0.05) is 24.3 Å². The zero-order valence-electron chi connectivity index (χ0n) is 22.4. The average molecular weight is 533 g/mol. The first kappa shape index (κ1) is 28.9. The first-order valence-corrected chi connectivity index (χ1v) is 12.3. The predicted molar refractivity (Wildman–Crippen MR) is 146 cm³/mol. The number of nitrogens with one attached hydrogen (secondary N) is 1. The summed E-state index contributed by atoms with van der Waals surface area (Å²) in [5.74, 6) is -1.16. The van der Waals surface area contributed by atoms with Crippen LogP contribution in [0.4, 0.5) is 5.69 Å². The normalized spacial score (nSPS) is 10.9. The molecule has 0 bridgehead atoms. The highest BCUT2D eigenvalue weighted by Crippen LogP contribution is 2.21. The quantitative estimate of drug-likeness (QED) is 0.290. The van der Waals surface area contributed by atoms with Crippen molar-refractivity contribution >= 4 is 29.4 Å². The van der Waals surface area contributed by atoms with E-state index in [1.54, 1.807) is 76.4 Å². The summed E-state index contributed by atoms with van der Waals surface area (Å²) in [6.07, 6.45) is 0.172. The maximum Gasteiger partial charge on any atom is 0.323 e. The van der Waals surface area contributed by atoms with Crippen LogP contribution in [-0.4, -0.2) is 47.4 Å². The van der Waals surface area contributed by atoms with Crippen LogP contribution < -0.4 is 14.8 Å². The van der Waals surface area contributed by atoms with E-state index in [0.717, 1.165) is 5.56 Å². The van der Waals surface area contributed by atoms with E-state index in [-0.39, 0.29) is 30.4 Å². The maximum atomic E-state index is 13.1. The van der Waals surface area contributed by atoms with Gasteiger partial charge in [-0.15, -0.1) is 0 Å². The van der Waals surface area contributed by atoms with Crippen LogP contribution in [0.3, 0.4) is 0 Å². The van der Waals surface area contributed by atoms with Gasteiger partial charge in [0.25, 0.3) is 5.91 Å². The molecular weight excluding hydrogens is 500 g/mol. The fourth-order valence-corrected chi connectivity index (χ4v) is 3.52. The summed E-state index contributed by atoms with van der Waals surface area (Å²) in [5, 5.41) is 12.2. The number of carbonyl (C=O) groups is 4. The molecule has 3 aromatic carbocycles. The molecule has 0 spiro atoms. The van der Waals surface area contributed by atoms with Crippen molar-refractivity contribution in [2.75, 3.05) is 19.0 Å². The van der Waals surface area contributed by atoms with Gasteiger partial charge in [-0.3, -0.25) is 19.2 Å². The molecular formula is C30H32N2O7. The lowest BCUT2D eigenvalue weighted by atomic mass is 9.97. The number of methoxy groups -OCH3 is 1. The number of carbonyl (C=O) groups excluding carboxylic acids is 3. The highest BCUT2D eigenvalue weighted by molar-refractivity contribution is 5.97. The molecule has 0 radical (unpaired) electrons. The molecule has 0 heterocycles. The molecule has 3 aromatic rings. The molecule has 39 heavy (non-hydrogen) atoms. The molecule has 2 N–H and O–H groups in total. The van der Waals surface area contributed by atoms with E-state index >= 15 is 0 Å². The van der Waals surface area contributed by atoms with E-state index < -0.39 is 23.8 Å². The number of aliphatic carboxylic acids is 1. The lowest BCUT2D eigenvalue weighted by molar-refractivity contribution is -0.143. The molecule has 0 fully saturated rings. The first-order valence-electron chi connectivity index (χ1n) is 12.3. The van der Waals surface area contributed by atoms with Gasteiger partial charge in [-0.2, -0.15) is 0 Å². The lowest BCUT2D eigenvalue weighted by Crippen LogP contribution is -2.35. The zero-order valence-corrected chi connectivity index (χ0v) is 22.4. The van der Waals surface area contributed by atoms with Crippen molar-refractivity contribution in [1.29, 1.82) is 0 Å². The highest BCUT2D eigenvalue weighted by atomic mass is 16.5. The number of esters is 1. The summed E-state index contributed by atoms with van der Waals surface area (Å²) >= 11 is 0. The third kappa shape index (κ3) is 8.70. The molecule has 9 nitrogen and oxygen atoms in total. The van der Waals surface area contributed by atoms with Gasteiger partial charge in [-0.05, 0) is 80.4 Å². The molecule has 0 aromatic heterocycles. The number of benzene rings is 3. The second-order valence-electron chi connectivity index (χ2n) is 9.99. The van der Waals surface area contributed by atoms with Gasteiger partial charge in [0.2, 0.25) is 5.91 Å². The van der Waals surface area contributed by atoms with Gasteiger partial charge in [0, 0.05) is 17.8 Å². The Morgan fingerprint density at radius 2 is 1.38 bits per heavy atom. The zero-order chi connectivity index (χ0) is 28.6. The van der Waals surface area contributed by atoms with Gasteiger partial charge < -0.3 is 24.8 Å². The summed E-state index contributed by atoms with van der Waals surface area (Å²) in [6, 6.07) is 20.0. The van der Waals surface area contributed by atoms with Gasteiger partial charge in [0.05, 0.1) is 18.9 Å². The van der Waals surface area contributed by atoms with Gasteiger partial charge in [0.15, 0.2) is 0 Å². The number of rotatable bonds is 10. The van der Waals surface area contributed by atoms with E-state index in [0.29, 0.717) is 22.7 Å². The van der Waals surface area contributed by atoms with Gasteiger partial charge in [0.1, 0.15) is 18.0 Å². The van der Waals surface area contributed by atoms with Crippen LogP contribution in [0.25, 0.3) is 0 Å². The minimum Gasteiger partial charge on any atom is -0.497 e. The first-order chi connectivity index (χ1) is 18.4. The molecule has 0 atom stereocenters. The smallest absolute Gasteiger partial charge is 0.323 e. The second-order valence-corrected chi connectivity index (χ2v) is 9.99. The molecule has 0 aliphatic rings. The van der Waals surface area contributed by atoms with Crippen LogP contribution >= 0.6 is 0 Å². The standard InChI is InChI=1S/C30H32N2O7/c1-30(2,3)29(37)39-25-15-7-21(8-16-25)18-32(19-27(34)35)28(36)22-9-11-23(12-10-22)31-26(33)17-20-5-13-24(38-4)14-6-20/h5-16H,17-19H2,1-4H3,(H,31,33)(H,34,35). The van der Waals surface area contributed by atoms with Crippen LogP contribution in [0, 0.1) is 5.41 Å². The minimum absolute atomic E-state index is 0.0407. The van der Waals surface area contributed by atoms with Crippen molar-refractivity contribution in [2.24, 2.45) is 5.41 Å². The van der Waals surface area contributed by atoms with E-state index in [1.807, 2.05) is 12.1 Å². The van der Waals surface area contributed by atoms with Crippen molar-refractivity contribution in [2.45, 2.75) is 33.7 Å². The Bertz CT molecular complexity index is 1310. The number of amides is 2. The summed E-state index contributed by atoms with van der Waals surface area (Å²) in [5.41, 5.74) is 1.63. The van der Waals surface area contributed by atoms with Gasteiger partial charge >= 0.3 is 11.9 Å². The van der Waals surface area contributed by atoms with E-state index in [4.69, 9.17) is 9.47 Å². The molecule has 204 valence electrons. The number of ether oxygens (including phenoxy) is 2. The van der Waals surface area contributed by atoms with Crippen molar-refractivity contribution in [3.8, 4) is 11.5 Å². The summed E-state index contributed by atoms with van der Waals surface area (Å²) in [6.45, 7) is 4.80. The molecule has 0 saturated carbocycles. The molecule has 9 heteroatoms. The van der Waals surface area contributed by atoms with E-state index in [9.17, 15) is 24.3 Å². The predicted octanol–water partition coefficient (Wildman–Crippen LogP) is 4.55. The lowest BCUT2D eigenvalue weighted by Gasteiger charge is -2.21. The van der Waals surface area contributed by atoms with Crippen LogP contribution in [0.1, 0.15) is 42.3 Å². The molecule has 0 saturated heterocycles. The van der Waals surface area contributed by atoms with Crippen molar-refractivity contribution in [1.82, 2.24) is 4.90 Å². The number of carboxylic acid groups (broad SMARTS) is 1. The maximum absolute atomic E-state index is 13.1. The SMILES string of the molecule is COc1ccc(CC(=O)Nc2ccc(C(=O)N(CC(=O)O)Cc3ccc(OC(=O)C(C)(C)C)cc3)cc2)cc1. The average Bonchev–Trinajstić information content (AvgIpc) is 2.89. The number of hydrogen-bond acceptors (Lipinski definition) is 6. The Morgan fingerprint density at radius 1 is 0.821 bits per heavy atom. The van der Waals surface area contributed by atoms with E-state index in [1.165, 1.54) is 17.0 Å². The van der Waals surface area contributed by atoms with Crippen LogP contribution in [0.15, 0.2) is 72.8 Å². The Kier molecular flexibility index (Phi) is 9.43. The molecule has 0 unspecified atom stereocenters. The number of carboxylic acids is 1. The van der Waals surface area contributed by atoms with Crippen LogP contribution in [0.5, 0.6) is 11.5 Å². The Labute approximate surface area is 227 Å². The molecule has 3 rings (SSSR count). The minimum atomic E-state index is -1.15. The van der Waals surface area contributed by atoms with Crippen LogP contribution in [0.2, 0.25) is 0 Å². The monoisotopic (exact) mass is 532 g/mol. The molecule has 0 aliphatic carbocycles. The number of nitrogens with zero attached hydrogens (tertiary/aromatic N) is 1. The molecule has 2 amide bonds. The van der Waals surface area contributed by atoms with Crippen LogP contribution in [-0.2, 0) is 27.3 Å². The fraction of sp³-hybridized carbons (Fsp3) is 0.267. The van der Waals surface area contributed by atoms with Crippen molar-refractivity contribution in [3.05, 3.63) is 89.5 Å². The van der Waals surface area contributed by atoms with Crippen molar-refractivity contribution < 1.29 is 33.8 Å². The number of hydrogen-bond donors (Lipinski definition) is 2. The number of anilines is 1. The Hall–Kier alpha value is -4.66. The fourth-order valence-electron chi connectivity index (χ4n) is 3.52. The van der Waals surface area contributed by atoms with E-state index in [2.05, 4.69) is 5.32 Å². The van der Waals surface area contributed by atoms with Crippen molar-refractivity contribution in [3.63, 3.8) is 0 Å². The third-order valence-corrected chi connectivity index (χ3v) is 5.67. The van der Waals surface area contributed by atoms with Gasteiger partial charge in [-0.25, -0.2) is 0 Å².